The van der Waals surface area contributed by atoms with Crippen LogP contribution in [0.2, 0.25) is 0 Å². The number of aliphatic hydroxyl groups is 1. The van der Waals surface area contributed by atoms with Crippen LogP contribution < -0.4 is 4.18 Å². The summed E-state index contributed by atoms with van der Waals surface area (Å²) in [7, 11) is -3.84. The highest BCUT2D eigenvalue weighted by atomic mass is 32.2. The van der Waals surface area contributed by atoms with E-state index in [1.54, 1.807) is 37.3 Å². The third kappa shape index (κ3) is 3.33. The van der Waals surface area contributed by atoms with Gasteiger partial charge in [-0.3, -0.25) is 0 Å². The first-order valence-corrected chi connectivity index (χ1v) is 7.17. The Morgan fingerprint density at radius 3 is 2.37 bits per heavy atom. The van der Waals surface area contributed by atoms with E-state index >= 15 is 0 Å². The van der Waals surface area contributed by atoms with E-state index in [1.165, 1.54) is 24.3 Å². The second-order valence-corrected chi connectivity index (χ2v) is 5.65. The number of aliphatic hydroxyl groups excluding tert-OH is 1. The fraction of sp³-hybridized carbons (Fsp3) is 0.143. The molecule has 0 bridgehead atoms. The summed E-state index contributed by atoms with van der Waals surface area (Å²) < 4.78 is 29.0. The fourth-order valence-electron chi connectivity index (χ4n) is 1.59. The molecule has 0 spiro atoms. The molecule has 0 aliphatic rings. The van der Waals surface area contributed by atoms with Gasteiger partial charge < -0.3 is 9.29 Å². The van der Waals surface area contributed by atoms with Crippen molar-refractivity contribution in [2.24, 2.45) is 0 Å². The molecule has 0 heterocycles. The molecule has 2 aromatic carbocycles. The average Bonchev–Trinajstić information content (AvgIpc) is 2.39. The maximum absolute atomic E-state index is 12.0. The van der Waals surface area contributed by atoms with Gasteiger partial charge in [-0.25, -0.2) is 0 Å². The third-order valence-electron chi connectivity index (χ3n) is 2.58. The van der Waals surface area contributed by atoms with Crippen LogP contribution in [-0.2, 0) is 10.1 Å². The molecule has 0 aromatic heterocycles. The molecule has 1 unspecified atom stereocenters. The van der Waals surface area contributed by atoms with Gasteiger partial charge in [-0.15, -0.1) is 0 Å². The minimum absolute atomic E-state index is 0.0949. The molecular weight excluding hydrogens is 264 g/mol. The van der Waals surface area contributed by atoms with Gasteiger partial charge in [0.2, 0.25) is 0 Å². The monoisotopic (exact) mass is 278 g/mol. The average molecular weight is 278 g/mol. The van der Waals surface area contributed by atoms with Gasteiger partial charge in [-0.1, -0.05) is 30.3 Å². The Morgan fingerprint density at radius 2 is 1.74 bits per heavy atom. The van der Waals surface area contributed by atoms with E-state index in [1.807, 2.05) is 0 Å². The molecule has 0 saturated carbocycles. The van der Waals surface area contributed by atoms with E-state index in [2.05, 4.69) is 0 Å². The highest BCUT2D eigenvalue weighted by Crippen LogP contribution is 2.22. The smallest absolute Gasteiger partial charge is 0.339 e. The molecule has 1 N–H and O–H groups in total. The first-order valence-electron chi connectivity index (χ1n) is 5.76. The van der Waals surface area contributed by atoms with Crippen molar-refractivity contribution in [1.82, 2.24) is 0 Å². The van der Waals surface area contributed by atoms with Crippen LogP contribution in [0.3, 0.4) is 0 Å². The van der Waals surface area contributed by atoms with Gasteiger partial charge in [0, 0.05) is 0 Å². The molecule has 0 aliphatic carbocycles. The molecule has 0 amide bonds. The standard InChI is InChI=1S/C14H14O4S/c1-11(15)12-6-5-7-13(10-12)18-19(16,17)14-8-3-2-4-9-14/h2-11,15H,1H3. The molecule has 1 atom stereocenters. The molecule has 2 rings (SSSR count). The van der Waals surface area contributed by atoms with Crippen molar-refractivity contribution >= 4 is 10.1 Å². The maximum atomic E-state index is 12.0. The van der Waals surface area contributed by atoms with Crippen LogP contribution >= 0.6 is 0 Å². The second-order valence-electron chi connectivity index (χ2n) is 4.10. The minimum atomic E-state index is -3.84. The lowest BCUT2D eigenvalue weighted by Gasteiger charge is -2.09. The summed E-state index contributed by atoms with van der Waals surface area (Å²) in [5, 5.41) is 9.46. The fourth-order valence-corrected chi connectivity index (χ4v) is 2.53. The minimum Gasteiger partial charge on any atom is -0.389 e. The first kappa shape index (κ1) is 13.6. The van der Waals surface area contributed by atoms with Crippen molar-refractivity contribution < 1.29 is 17.7 Å². The predicted molar refractivity (Wildman–Crippen MR) is 71.3 cm³/mol. The Kier molecular flexibility index (Phi) is 3.87. The third-order valence-corrected chi connectivity index (χ3v) is 3.84. The highest BCUT2D eigenvalue weighted by molar-refractivity contribution is 7.87. The van der Waals surface area contributed by atoms with Crippen LogP contribution in [0.1, 0.15) is 18.6 Å². The van der Waals surface area contributed by atoms with E-state index < -0.39 is 16.2 Å². The normalized spacial score (nSPS) is 12.9. The van der Waals surface area contributed by atoms with Crippen molar-refractivity contribution in [1.29, 1.82) is 0 Å². The van der Waals surface area contributed by atoms with Crippen molar-refractivity contribution in [2.45, 2.75) is 17.9 Å². The van der Waals surface area contributed by atoms with Gasteiger partial charge in [-0.05, 0) is 36.8 Å². The molecule has 0 aliphatic heterocycles. The first-order chi connectivity index (χ1) is 8.99. The summed E-state index contributed by atoms with van der Waals surface area (Å²) in [6.45, 7) is 1.60. The van der Waals surface area contributed by atoms with Crippen molar-refractivity contribution in [3.63, 3.8) is 0 Å². The Morgan fingerprint density at radius 1 is 1.05 bits per heavy atom. The topological polar surface area (TPSA) is 63.6 Å². The van der Waals surface area contributed by atoms with Gasteiger partial charge in [-0.2, -0.15) is 8.42 Å². The van der Waals surface area contributed by atoms with E-state index in [9.17, 15) is 13.5 Å². The summed E-state index contributed by atoms with van der Waals surface area (Å²) in [5.41, 5.74) is 0.598. The van der Waals surface area contributed by atoms with Crippen LogP contribution in [0.15, 0.2) is 59.5 Å². The van der Waals surface area contributed by atoms with Gasteiger partial charge in [0.1, 0.15) is 10.6 Å². The Balaban J connectivity index is 2.29. The van der Waals surface area contributed by atoms with Crippen molar-refractivity contribution in [3.8, 4) is 5.75 Å². The maximum Gasteiger partial charge on any atom is 0.339 e. The van der Waals surface area contributed by atoms with E-state index in [4.69, 9.17) is 4.18 Å². The summed E-state index contributed by atoms with van der Waals surface area (Å²) in [6, 6.07) is 14.3. The SMILES string of the molecule is CC(O)c1cccc(OS(=O)(=O)c2ccccc2)c1. The summed E-state index contributed by atoms with van der Waals surface area (Å²) in [5.74, 6) is 0.183. The molecule has 4 nitrogen and oxygen atoms in total. The van der Waals surface area contributed by atoms with Gasteiger partial charge in [0.05, 0.1) is 6.10 Å². The van der Waals surface area contributed by atoms with Crippen LogP contribution in [-0.4, -0.2) is 13.5 Å². The van der Waals surface area contributed by atoms with Gasteiger partial charge in [0.25, 0.3) is 0 Å². The molecule has 0 fully saturated rings. The summed E-state index contributed by atoms with van der Waals surface area (Å²) in [6.07, 6.45) is -0.678. The van der Waals surface area contributed by atoms with Crippen LogP contribution in [0, 0.1) is 0 Å². The molecule has 100 valence electrons. The van der Waals surface area contributed by atoms with Crippen LogP contribution in [0.5, 0.6) is 5.75 Å². The summed E-state index contributed by atoms with van der Waals surface area (Å²) in [4.78, 5) is 0.0949. The highest BCUT2D eigenvalue weighted by Gasteiger charge is 2.16. The van der Waals surface area contributed by atoms with Crippen LogP contribution in [0.4, 0.5) is 0 Å². The number of hydrogen-bond donors (Lipinski definition) is 1. The zero-order chi connectivity index (χ0) is 13.9. The lowest BCUT2D eigenvalue weighted by molar-refractivity contribution is 0.199. The van der Waals surface area contributed by atoms with Gasteiger partial charge in [0.15, 0.2) is 0 Å². The Hall–Kier alpha value is -1.85. The molecule has 0 saturated heterocycles. The summed E-state index contributed by atoms with van der Waals surface area (Å²) >= 11 is 0. The van der Waals surface area contributed by atoms with Crippen LogP contribution in [0.25, 0.3) is 0 Å². The number of rotatable bonds is 4. The molecular formula is C14H14O4S. The van der Waals surface area contributed by atoms with E-state index in [-0.39, 0.29) is 10.6 Å². The molecule has 2 aromatic rings. The lowest BCUT2D eigenvalue weighted by Crippen LogP contribution is -2.09. The lowest BCUT2D eigenvalue weighted by atomic mass is 10.1. The largest absolute Gasteiger partial charge is 0.389 e. The molecule has 0 radical (unpaired) electrons. The zero-order valence-electron chi connectivity index (χ0n) is 10.4. The van der Waals surface area contributed by atoms with Crippen molar-refractivity contribution in [2.75, 3.05) is 0 Å². The Bertz CT molecular complexity index is 648. The second kappa shape index (κ2) is 5.42. The zero-order valence-corrected chi connectivity index (χ0v) is 11.2. The number of hydrogen-bond acceptors (Lipinski definition) is 4. The number of benzene rings is 2. The quantitative estimate of drug-likeness (QED) is 0.873. The predicted octanol–water partition coefficient (Wildman–Crippen LogP) is 2.51. The molecule has 5 heteroatoms. The van der Waals surface area contributed by atoms with Crippen molar-refractivity contribution in [3.05, 3.63) is 60.2 Å². The van der Waals surface area contributed by atoms with Gasteiger partial charge >= 0.3 is 10.1 Å². The van der Waals surface area contributed by atoms with E-state index in [0.29, 0.717) is 5.56 Å². The van der Waals surface area contributed by atoms with E-state index in [0.717, 1.165) is 0 Å². The molecule has 19 heavy (non-hydrogen) atoms. The Labute approximate surface area is 112 Å².